The van der Waals surface area contributed by atoms with E-state index in [1.165, 1.54) is 12.1 Å². The Kier molecular flexibility index (Phi) is 6.82. The summed E-state index contributed by atoms with van der Waals surface area (Å²) in [5.41, 5.74) is 6.28. The van der Waals surface area contributed by atoms with Crippen LogP contribution in [0.1, 0.15) is 16.1 Å². The number of piperazine rings is 1. The van der Waals surface area contributed by atoms with E-state index in [0.29, 0.717) is 16.3 Å². The van der Waals surface area contributed by atoms with Gasteiger partial charge in [0.15, 0.2) is 0 Å². The van der Waals surface area contributed by atoms with Crippen molar-refractivity contribution < 1.29 is 14.8 Å². The molecule has 0 saturated carbocycles. The molecule has 1 N–H and O–H groups in total. The number of nitro groups is 1. The lowest BCUT2D eigenvalue weighted by Gasteiger charge is -2.37. The van der Waals surface area contributed by atoms with Crippen LogP contribution in [0.4, 0.5) is 17.1 Å². The number of non-ortho nitro benzene ring substituents is 1. The molecule has 1 fully saturated rings. The number of nitro benzene ring substituents is 1. The number of carboxylic acids is 1. The minimum absolute atomic E-state index is 0.0825. The summed E-state index contributed by atoms with van der Waals surface area (Å²) in [5, 5.41) is 21.7. The Hall–Kier alpha value is -4.30. The third-order valence-corrected chi connectivity index (χ3v) is 7.48. The maximum Gasteiger partial charge on any atom is 0.338 e. The molecule has 2 heterocycles. The number of benzene rings is 3. The van der Waals surface area contributed by atoms with Crippen molar-refractivity contribution >= 4 is 34.6 Å². The van der Waals surface area contributed by atoms with Crippen LogP contribution in [0.25, 0.3) is 22.4 Å². The first kappa shape index (κ1) is 25.4. The lowest BCUT2D eigenvalue weighted by molar-refractivity contribution is -0.384. The number of aromatic carboxylic acids is 1. The number of carbonyl (C=O) groups is 1. The van der Waals surface area contributed by atoms with Crippen molar-refractivity contribution in [2.24, 2.45) is 7.05 Å². The highest BCUT2D eigenvalue weighted by atomic mass is 35.5. The summed E-state index contributed by atoms with van der Waals surface area (Å²) in [6, 6.07) is 22.1. The molecule has 8 nitrogen and oxygen atoms in total. The van der Waals surface area contributed by atoms with Crippen LogP contribution in [0.3, 0.4) is 0 Å². The van der Waals surface area contributed by atoms with Gasteiger partial charge in [0.05, 0.1) is 16.2 Å². The fourth-order valence-electron chi connectivity index (χ4n) is 5.16. The highest BCUT2D eigenvalue weighted by Crippen LogP contribution is 2.40. The van der Waals surface area contributed by atoms with E-state index in [1.807, 2.05) is 61.0 Å². The van der Waals surface area contributed by atoms with Crippen LogP contribution in [0.2, 0.25) is 5.02 Å². The normalized spacial score (nSPS) is 13.6. The largest absolute Gasteiger partial charge is 0.478 e. The average molecular weight is 531 g/mol. The molecule has 4 aromatic rings. The molecule has 1 aliphatic heterocycles. The molecule has 0 atom stereocenters. The van der Waals surface area contributed by atoms with E-state index < -0.39 is 10.9 Å². The van der Waals surface area contributed by atoms with Gasteiger partial charge >= 0.3 is 5.97 Å². The fraction of sp³-hybridized carbons (Fsp3) is 0.207. The van der Waals surface area contributed by atoms with Crippen LogP contribution >= 0.6 is 11.6 Å². The Labute approximate surface area is 225 Å². The summed E-state index contributed by atoms with van der Waals surface area (Å²) in [7, 11) is 1.89. The van der Waals surface area contributed by atoms with Gasteiger partial charge in [-0.2, -0.15) is 0 Å². The predicted octanol–water partition coefficient (Wildman–Crippen LogP) is 6.25. The molecule has 38 heavy (non-hydrogen) atoms. The zero-order valence-electron chi connectivity index (χ0n) is 21.1. The molecule has 0 bridgehead atoms. The molecule has 0 unspecified atom stereocenters. The Morgan fingerprint density at radius 3 is 2.08 bits per heavy atom. The Bertz CT molecular complexity index is 1510. The van der Waals surface area contributed by atoms with Crippen molar-refractivity contribution in [3.05, 3.63) is 99.2 Å². The Morgan fingerprint density at radius 2 is 1.50 bits per heavy atom. The maximum absolute atomic E-state index is 12.4. The summed E-state index contributed by atoms with van der Waals surface area (Å²) >= 11 is 6.12. The topological polar surface area (TPSA) is 91.8 Å². The van der Waals surface area contributed by atoms with Crippen LogP contribution in [0.15, 0.2) is 72.8 Å². The Balaban J connectivity index is 1.45. The van der Waals surface area contributed by atoms with E-state index in [4.69, 9.17) is 11.6 Å². The number of hydrogen-bond acceptors (Lipinski definition) is 5. The smallest absolute Gasteiger partial charge is 0.338 e. The van der Waals surface area contributed by atoms with Gasteiger partial charge in [-0.25, -0.2) is 4.79 Å². The van der Waals surface area contributed by atoms with Crippen LogP contribution in [-0.4, -0.2) is 46.7 Å². The first-order chi connectivity index (χ1) is 18.2. The second kappa shape index (κ2) is 10.2. The molecule has 5 rings (SSSR count). The van der Waals surface area contributed by atoms with E-state index in [1.54, 1.807) is 12.1 Å². The standard InChI is InChI=1S/C29H27ClN4O4/c1-19-26(29(35)36)27(28(31(19)2)20-6-8-22(30)9-7-20)21-4-3-5-25(18-21)33-16-14-32(15-17-33)23-10-12-24(13-11-23)34(37)38/h3-13,18H,14-17H2,1-2H3,(H,35,36). The highest BCUT2D eigenvalue weighted by molar-refractivity contribution is 6.30. The first-order valence-corrected chi connectivity index (χ1v) is 12.7. The number of carboxylic acid groups (broad SMARTS) is 1. The van der Waals surface area contributed by atoms with Crippen molar-refractivity contribution in [2.75, 3.05) is 36.0 Å². The third-order valence-electron chi connectivity index (χ3n) is 7.22. The number of halogens is 1. The van der Waals surface area contributed by atoms with Crippen LogP contribution in [0, 0.1) is 17.0 Å². The number of aromatic nitrogens is 1. The summed E-state index contributed by atoms with van der Waals surface area (Å²) in [5.74, 6) is -0.963. The Morgan fingerprint density at radius 1 is 0.895 bits per heavy atom. The summed E-state index contributed by atoms with van der Waals surface area (Å²) < 4.78 is 1.93. The van der Waals surface area contributed by atoms with Crippen LogP contribution < -0.4 is 9.80 Å². The average Bonchev–Trinajstić information content (AvgIpc) is 3.20. The summed E-state index contributed by atoms with van der Waals surface area (Å²) in [6.45, 7) is 4.90. The van der Waals surface area contributed by atoms with E-state index in [2.05, 4.69) is 15.9 Å². The van der Waals surface area contributed by atoms with Gasteiger partial charge in [0.1, 0.15) is 0 Å². The van der Waals surface area contributed by atoms with E-state index in [-0.39, 0.29) is 11.3 Å². The van der Waals surface area contributed by atoms with Crippen molar-refractivity contribution in [1.29, 1.82) is 0 Å². The molecule has 9 heteroatoms. The van der Waals surface area contributed by atoms with Gasteiger partial charge in [0.2, 0.25) is 0 Å². The van der Waals surface area contributed by atoms with Crippen molar-refractivity contribution in [2.45, 2.75) is 6.92 Å². The molecule has 0 spiro atoms. The minimum atomic E-state index is -0.963. The van der Waals surface area contributed by atoms with Gasteiger partial charge in [-0.1, -0.05) is 35.9 Å². The SMILES string of the molecule is Cc1c(C(=O)O)c(-c2cccc(N3CCN(c4ccc([N+](=O)[O-])cc4)CC3)c2)c(-c2ccc(Cl)cc2)n1C. The van der Waals surface area contributed by atoms with Crippen molar-refractivity contribution in [1.82, 2.24) is 4.57 Å². The molecule has 1 aromatic heterocycles. The van der Waals surface area contributed by atoms with Gasteiger partial charge in [0, 0.05) is 73.0 Å². The van der Waals surface area contributed by atoms with Gasteiger partial charge < -0.3 is 19.5 Å². The molecule has 1 saturated heterocycles. The van der Waals surface area contributed by atoms with Crippen LogP contribution in [-0.2, 0) is 7.05 Å². The van der Waals surface area contributed by atoms with E-state index in [9.17, 15) is 20.0 Å². The molecule has 1 aliphatic rings. The van der Waals surface area contributed by atoms with E-state index in [0.717, 1.165) is 54.4 Å². The van der Waals surface area contributed by atoms with Crippen molar-refractivity contribution in [3.8, 4) is 22.4 Å². The number of rotatable bonds is 6. The zero-order chi connectivity index (χ0) is 27.0. The first-order valence-electron chi connectivity index (χ1n) is 12.3. The monoisotopic (exact) mass is 530 g/mol. The molecule has 3 aromatic carbocycles. The van der Waals surface area contributed by atoms with Gasteiger partial charge in [0.25, 0.3) is 5.69 Å². The molecular weight excluding hydrogens is 504 g/mol. The fourth-order valence-corrected chi connectivity index (χ4v) is 5.28. The molecule has 194 valence electrons. The summed E-state index contributed by atoms with van der Waals surface area (Å²) in [6.07, 6.45) is 0. The molecule has 0 amide bonds. The third kappa shape index (κ3) is 4.70. The van der Waals surface area contributed by atoms with Gasteiger partial charge in [-0.3, -0.25) is 10.1 Å². The van der Waals surface area contributed by atoms with Gasteiger partial charge in [-0.05, 0) is 54.4 Å². The zero-order valence-corrected chi connectivity index (χ0v) is 21.9. The quantitative estimate of drug-likeness (QED) is 0.234. The predicted molar refractivity (Wildman–Crippen MR) is 151 cm³/mol. The molecule has 0 aliphatic carbocycles. The van der Waals surface area contributed by atoms with Gasteiger partial charge in [-0.15, -0.1) is 0 Å². The van der Waals surface area contributed by atoms with Crippen molar-refractivity contribution in [3.63, 3.8) is 0 Å². The maximum atomic E-state index is 12.4. The minimum Gasteiger partial charge on any atom is -0.478 e. The lowest BCUT2D eigenvalue weighted by atomic mass is 9.96. The lowest BCUT2D eigenvalue weighted by Crippen LogP contribution is -2.46. The molecule has 0 radical (unpaired) electrons. The van der Waals surface area contributed by atoms with E-state index >= 15 is 0 Å². The van der Waals surface area contributed by atoms with Crippen LogP contribution in [0.5, 0.6) is 0 Å². The number of nitrogens with zero attached hydrogens (tertiary/aromatic N) is 4. The highest BCUT2D eigenvalue weighted by Gasteiger charge is 2.26. The second-order valence-corrected chi connectivity index (χ2v) is 9.79. The molecular formula is C29H27ClN4O4. The number of anilines is 2. The summed E-state index contributed by atoms with van der Waals surface area (Å²) in [4.78, 5) is 27.5. The number of hydrogen-bond donors (Lipinski definition) is 1. The second-order valence-electron chi connectivity index (χ2n) is 9.35.